The molecule has 0 bridgehead atoms. The fraction of sp³-hybridized carbons (Fsp3) is 0.160. The standard InChI is InChI=1S/C25H21N3O7/c26-25(31)35-18(14-27-23(29)19-8-4-5-9-20(19)24(27)30)12-17-10-11-21(28(32)33)22(13-17)34-15-16-6-2-1-3-7-16/h1-11,13,18H,12,14-15H2,(H2,26,31). The Morgan fingerprint density at radius 1 is 0.943 bits per heavy atom. The van der Waals surface area contributed by atoms with Crippen molar-refractivity contribution in [2.75, 3.05) is 6.54 Å². The number of amides is 3. The first kappa shape index (κ1) is 23.4. The highest BCUT2D eigenvalue weighted by Gasteiger charge is 2.37. The third-order valence-corrected chi connectivity index (χ3v) is 5.47. The van der Waals surface area contributed by atoms with Crippen molar-refractivity contribution in [2.45, 2.75) is 19.1 Å². The zero-order chi connectivity index (χ0) is 24.9. The van der Waals surface area contributed by atoms with Crippen molar-refractivity contribution in [2.24, 2.45) is 5.73 Å². The van der Waals surface area contributed by atoms with Gasteiger partial charge in [-0.15, -0.1) is 0 Å². The number of carbonyl (C=O) groups excluding carboxylic acids is 3. The van der Waals surface area contributed by atoms with Gasteiger partial charge in [-0.1, -0.05) is 48.5 Å². The van der Waals surface area contributed by atoms with Gasteiger partial charge in [0.1, 0.15) is 12.7 Å². The highest BCUT2D eigenvalue weighted by molar-refractivity contribution is 6.21. The molecule has 4 rings (SSSR count). The molecule has 10 heteroatoms. The monoisotopic (exact) mass is 475 g/mol. The van der Waals surface area contributed by atoms with Crippen LogP contribution in [0.1, 0.15) is 31.8 Å². The Morgan fingerprint density at radius 2 is 1.57 bits per heavy atom. The second-order valence-corrected chi connectivity index (χ2v) is 7.86. The van der Waals surface area contributed by atoms with Crippen molar-refractivity contribution in [3.8, 4) is 5.75 Å². The average molecular weight is 475 g/mol. The van der Waals surface area contributed by atoms with Gasteiger partial charge in [-0.25, -0.2) is 4.79 Å². The molecule has 1 aliphatic rings. The fourth-order valence-electron chi connectivity index (χ4n) is 3.87. The van der Waals surface area contributed by atoms with Gasteiger partial charge in [0.2, 0.25) is 0 Å². The normalized spacial score (nSPS) is 13.3. The van der Waals surface area contributed by atoms with Crippen molar-refractivity contribution < 1.29 is 28.8 Å². The SMILES string of the molecule is NC(=O)OC(Cc1ccc([N+](=O)[O-])c(OCc2ccccc2)c1)CN1C(=O)c2ccccc2C1=O. The van der Waals surface area contributed by atoms with E-state index in [0.29, 0.717) is 5.56 Å². The van der Waals surface area contributed by atoms with Gasteiger partial charge in [0, 0.05) is 12.5 Å². The molecule has 0 fully saturated rings. The van der Waals surface area contributed by atoms with Crippen LogP contribution in [0, 0.1) is 10.1 Å². The number of nitrogens with two attached hydrogens (primary N) is 1. The minimum absolute atomic E-state index is 0.0370. The quantitative estimate of drug-likeness (QED) is 0.284. The maximum atomic E-state index is 12.7. The van der Waals surface area contributed by atoms with Crippen LogP contribution in [0.2, 0.25) is 0 Å². The van der Waals surface area contributed by atoms with Crippen LogP contribution in [0.25, 0.3) is 0 Å². The second kappa shape index (κ2) is 10.0. The molecular weight excluding hydrogens is 454 g/mol. The smallest absolute Gasteiger partial charge is 0.404 e. The summed E-state index contributed by atoms with van der Waals surface area (Å²) < 4.78 is 10.9. The van der Waals surface area contributed by atoms with Crippen LogP contribution in [0.3, 0.4) is 0 Å². The number of rotatable bonds is 9. The molecule has 0 radical (unpaired) electrons. The van der Waals surface area contributed by atoms with Crippen LogP contribution < -0.4 is 10.5 Å². The minimum Gasteiger partial charge on any atom is -0.482 e. The summed E-state index contributed by atoms with van der Waals surface area (Å²) in [5.74, 6) is -0.964. The number of nitro benzene ring substituents is 1. The number of primary amides is 1. The Labute approximate surface area is 200 Å². The van der Waals surface area contributed by atoms with Crippen molar-refractivity contribution >= 4 is 23.6 Å². The van der Waals surface area contributed by atoms with Crippen LogP contribution in [0.15, 0.2) is 72.8 Å². The first-order chi connectivity index (χ1) is 16.8. The summed E-state index contributed by atoms with van der Waals surface area (Å²) in [4.78, 5) is 48.9. The van der Waals surface area contributed by atoms with Crippen LogP contribution >= 0.6 is 0 Å². The molecule has 35 heavy (non-hydrogen) atoms. The van der Waals surface area contributed by atoms with Gasteiger partial charge in [-0.05, 0) is 29.3 Å². The Hall–Kier alpha value is -4.73. The van der Waals surface area contributed by atoms with E-state index >= 15 is 0 Å². The highest BCUT2D eigenvalue weighted by Crippen LogP contribution is 2.30. The van der Waals surface area contributed by atoms with Gasteiger partial charge < -0.3 is 15.2 Å². The molecule has 10 nitrogen and oxygen atoms in total. The summed E-state index contributed by atoms with van der Waals surface area (Å²) in [7, 11) is 0. The molecule has 1 unspecified atom stereocenters. The van der Waals surface area contributed by atoms with Gasteiger partial charge >= 0.3 is 11.8 Å². The van der Waals surface area contributed by atoms with E-state index in [9.17, 15) is 24.5 Å². The summed E-state index contributed by atoms with van der Waals surface area (Å²) in [5.41, 5.74) is 6.88. The summed E-state index contributed by atoms with van der Waals surface area (Å²) in [6.45, 7) is -0.117. The first-order valence-corrected chi connectivity index (χ1v) is 10.7. The van der Waals surface area contributed by atoms with Crippen molar-refractivity contribution in [3.63, 3.8) is 0 Å². The van der Waals surface area contributed by atoms with E-state index in [-0.39, 0.29) is 42.1 Å². The lowest BCUT2D eigenvalue weighted by Gasteiger charge is -2.22. The number of nitrogens with zero attached hydrogens (tertiary/aromatic N) is 2. The first-order valence-electron chi connectivity index (χ1n) is 10.7. The van der Waals surface area contributed by atoms with Crippen LogP contribution in [0.5, 0.6) is 5.75 Å². The summed E-state index contributed by atoms with van der Waals surface area (Å²) in [6.07, 6.45) is -2.01. The van der Waals surface area contributed by atoms with Gasteiger partial charge in [-0.2, -0.15) is 0 Å². The molecule has 2 N–H and O–H groups in total. The van der Waals surface area contributed by atoms with Crippen molar-refractivity contribution in [3.05, 3.63) is 105 Å². The number of fused-ring (bicyclic) bond motifs is 1. The second-order valence-electron chi connectivity index (χ2n) is 7.86. The third-order valence-electron chi connectivity index (χ3n) is 5.47. The van der Waals surface area contributed by atoms with Gasteiger partial charge in [-0.3, -0.25) is 24.6 Å². The molecule has 0 saturated heterocycles. The Kier molecular flexibility index (Phi) is 6.72. The molecule has 3 aromatic rings. The maximum Gasteiger partial charge on any atom is 0.404 e. The molecule has 178 valence electrons. The highest BCUT2D eigenvalue weighted by atomic mass is 16.6. The predicted molar refractivity (Wildman–Crippen MR) is 124 cm³/mol. The van der Waals surface area contributed by atoms with E-state index in [0.717, 1.165) is 10.5 Å². The summed E-state index contributed by atoms with van der Waals surface area (Å²) in [6, 6.07) is 19.8. The topological polar surface area (TPSA) is 142 Å². The zero-order valence-corrected chi connectivity index (χ0v) is 18.5. The molecule has 1 aliphatic heterocycles. The van der Waals surface area contributed by atoms with Crippen molar-refractivity contribution in [1.82, 2.24) is 4.90 Å². The Morgan fingerprint density at radius 3 is 2.17 bits per heavy atom. The zero-order valence-electron chi connectivity index (χ0n) is 18.5. The predicted octanol–water partition coefficient (Wildman–Crippen LogP) is 3.48. The molecule has 1 heterocycles. The van der Waals surface area contributed by atoms with Crippen LogP contribution in [-0.2, 0) is 17.8 Å². The van der Waals surface area contributed by atoms with E-state index in [1.165, 1.54) is 18.2 Å². The molecule has 0 saturated carbocycles. The largest absolute Gasteiger partial charge is 0.482 e. The molecular formula is C25H21N3O7. The fourth-order valence-corrected chi connectivity index (χ4v) is 3.87. The number of carbonyl (C=O) groups is 3. The molecule has 1 atom stereocenters. The molecule has 3 amide bonds. The number of hydrogen-bond donors (Lipinski definition) is 1. The lowest BCUT2D eigenvalue weighted by atomic mass is 10.1. The molecule has 0 spiro atoms. The van der Waals surface area contributed by atoms with E-state index in [1.54, 1.807) is 24.3 Å². The minimum atomic E-state index is -1.07. The Balaban J connectivity index is 1.54. The average Bonchev–Trinajstić information content (AvgIpc) is 3.08. The number of benzene rings is 3. The third kappa shape index (κ3) is 5.27. The van der Waals surface area contributed by atoms with E-state index in [1.807, 2.05) is 30.3 Å². The van der Waals surface area contributed by atoms with Gasteiger partial charge in [0.15, 0.2) is 5.75 Å². The number of imide groups is 1. The molecule has 3 aromatic carbocycles. The Bertz CT molecular complexity index is 1260. The van der Waals surface area contributed by atoms with Crippen LogP contribution in [0.4, 0.5) is 10.5 Å². The van der Waals surface area contributed by atoms with Crippen molar-refractivity contribution in [1.29, 1.82) is 0 Å². The number of hydrogen-bond acceptors (Lipinski definition) is 7. The van der Waals surface area contributed by atoms with Crippen LogP contribution in [-0.4, -0.2) is 40.4 Å². The summed E-state index contributed by atoms with van der Waals surface area (Å²) >= 11 is 0. The van der Waals surface area contributed by atoms with E-state index in [4.69, 9.17) is 15.2 Å². The lowest BCUT2D eigenvalue weighted by molar-refractivity contribution is -0.386. The van der Waals surface area contributed by atoms with E-state index < -0.39 is 28.9 Å². The molecule has 0 aliphatic carbocycles. The van der Waals surface area contributed by atoms with Gasteiger partial charge in [0.05, 0.1) is 22.6 Å². The molecule has 0 aromatic heterocycles. The van der Waals surface area contributed by atoms with Gasteiger partial charge in [0.25, 0.3) is 11.8 Å². The maximum absolute atomic E-state index is 12.7. The number of ether oxygens (including phenoxy) is 2. The summed E-state index contributed by atoms with van der Waals surface area (Å²) in [5, 5.41) is 11.5. The lowest BCUT2D eigenvalue weighted by Crippen LogP contribution is -2.40. The van der Waals surface area contributed by atoms with E-state index in [2.05, 4.69) is 0 Å². The number of nitro groups is 1.